The lowest BCUT2D eigenvalue weighted by molar-refractivity contribution is 0.474. The predicted molar refractivity (Wildman–Crippen MR) is 80.9 cm³/mol. The molecule has 0 atom stereocenters. The number of aromatic hydroxyl groups is 1. The molecule has 0 bridgehead atoms. The van der Waals surface area contributed by atoms with Crippen molar-refractivity contribution in [3.63, 3.8) is 0 Å². The smallest absolute Gasteiger partial charge is 0.169 e. The van der Waals surface area contributed by atoms with Gasteiger partial charge in [0.25, 0.3) is 0 Å². The normalized spacial score (nSPS) is 11.6. The summed E-state index contributed by atoms with van der Waals surface area (Å²) in [7, 11) is 0. The summed E-state index contributed by atoms with van der Waals surface area (Å²) in [5.41, 5.74) is 2.18. The second kappa shape index (κ2) is 5.40. The monoisotopic (exact) mass is 319 g/mol. The third-order valence-electron chi connectivity index (χ3n) is 2.63. The Balaban J connectivity index is 2.50. The van der Waals surface area contributed by atoms with E-state index in [1.807, 2.05) is 26.0 Å². The van der Waals surface area contributed by atoms with Gasteiger partial charge in [-0.15, -0.1) is 0 Å². The number of hydrogen-bond donors (Lipinski definition) is 1. The topological polar surface area (TPSA) is 50.4 Å². The lowest BCUT2D eigenvalue weighted by Gasteiger charge is -2.06. The van der Waals surface area contributed by atoms with Crippen LogP contribution in [0, 0.1) is 0 Å². The Labute approximate surface area is 120 Å². The molecule has 1 aromatic carbocycles. The van der Waals surface area contributed by atoms with Crippen LogP contribution in [0.5, 0.6) is 5.75 Å². The second-order valence-electron chi connectivity index (χ2n) is 4.18. The van der Waals surface area contributed by atoms with E-state index in [1.165, 1.54) is 0 Å². The maximum absolute atomic E-state index is 9.82. The van der Waals surface area contributed by atoms with E-state index in [2.05, 4.69) is 32.6 Å². The van der Waals surface area contributed by atoms with E-state index in [1.54, 1.807) is 23.0 Å². The van der Waals surface area contributed by atoms with Crippen LogP contribution >= 0.6 is 15.9 Å². The summed E-state index contributed by atoms with van der Waals surface area (Å²) in [6.45, 7) is 7.56. The van der Waals surface area contributed by atoms with E-state index >= 15 is 0 Å². The first-order valence-corrected chi connectivity index (χ1v) is 6.53. The van der Waals surface area contributed by atoms with Crippen molar-refractivity contribution < 1.29 is 5.11 Å². The average molecular weight is 320 g/mol. The van der Waals surface area contributed by atoms with Gasteiger partial charge in [-0.25, -0.2) is 9.67 Å². The number of phenols is 1. The Morgan fingerprint density at radius 3 is 2.68 bits per heavy atom. The second-order valence-corrected chi connectivity index (χ2v) is 5.03. The molecule has 5 heteroatoms. The lowest BCUT2D eigenvalue weighted by Crippen LogP contribution is -1.98. The SMILES string of the molecule is C=C(C)n1ncc(Br)c1/N=C(\C)c1ccccc1O. The van der Waals surface area contributed by atoms with Crippen LogP contribution in [0.4, 0.5) is 5.82 Å². The van der Waals surface area contributed by atoms with Gasteiger partial charge in [-0.1, -0.05) is 18.7 Å². The molecule has 19 heavy (non-hydrogen) atoms. The molecular weight excluding hydrogens is 306 g/mol. The van der Waals surface area contributed by atoms with Crippen molar-refractivity contribution in [3.8, 4) is 5.75 Å². The number of benzene rings is 1. The quantitative estimate of drug-likeness (QED) is 0.870. The van der Waals surface area contributed by atoms with Gasteiger partial charge in [0.1, 0.15) is 5.75 Å². The molecule has 1 heterocycles. The molecule has 98 valence electrons. The molecule has 0 radical (unpaired) electrons. The number of rotatable bonds is 3. The van der Waals surface area contributed by atoms with Gasteiger partial charge in [0, 0.05) is 11.3 Å². The number of phenolic OH excluding ortho intramolecular Hbond substituents is 1. The standard InChI is InChI=1S/C14H14BrN3O/c1-9(2)18-14(12(15)8-16-18)17-10(3)11-6-4-5-7-13(11)19/h4-8,19H,1H2,2-3H3/b17-10+. The van der Waals surface area contributed by atoms with Gasteiger partial charge in [0.15, 0.2) is 5.82 Å². The summed E-state index contributed by atoms with van der Waals surface area (Å²) in [5, 5.41) is 14.0. The molecule has 0 amide bonds. The highest BCUT2D eigenvalue weighted by molar-refractivity contribution is 9.10. The van der Waals surface area contributed by atoms with E-state index in [4.69, 9.17) is 0 Å². The molecule has 2 aromatic rings. The highest BCUT2D eigenvalue weighted by atomic mass is 79.9. The molecule has 0 spiro atoms. The first kappa shape index (κ1) is 13.5. The number of aromatic nitrogens is 2. The maximum Gasteiger partial charge on any atom is 0.169 e. The number of hydrogen-bond acceptors (Lipinski definition) is 3. The number of aliphatic imine (C=N–C) groups is 1. The van der Waals surface area contributed by atoms with Crippen molar-refractivity contribution >= 4 is 33.2 Å². The van der Waals surface area contributed by atoms with Crippen molar-refractivity contribution in [1.29, 1.82) is 0 Å². The molecule has 0 aliphatic carbocycles. The van der Waals surface area contributed by atoms with Crippen LogP contribution in [0.3, 0.4) is 0 Å². The van der Waals surface area contributed by atoms with Crippen LogP contribution in [-0.2, 0) is 0 Å². The minimum Gasteiger partial charge on any atom is -0.507 e. The molecule has 0 saturated heterocycles. The fraction of sp³-hybridized carbons (Fsp3) is 0.143. The van der Waals surface area contributed by atoms with Crippen LogP contribution in [-0.4, -0.2) is 20.6 Å². The maximum atomic E-state index is 9.82. The zero-order valence-corrected chi connectivity index (χ0v) is 12.3. The van der Waals surface area contributed by atoms with Gasteiger partial charge in [-0.2, -0.15) is 5.10 Å². The van der Waals surface area contributed by atoms with E-state index in [0.717, 1.165) is 10.2 Å². The lowest BCUT2D eigenvalue weighted by atomic mass is 10.1. The van der Waals surface area contributed by atoms with E-state index in [0.29, 0.717) is 17.1 Å². The van der Waals surface area contributed by atoms with Crippen molar-refractivity contribution in [3.05, 3.63) is 47.1 Å². The van der Waals surface area contributed by atoms with Gasteiger partial charge in [0.2, 0.25) is 0 Å². The highest BCUT2D eigenvalue weighted by Crippen LogP contribution is 2.28. The number of para-hydroxylation sites is 1. The van der Waals surface area contributed by atoms with Gasteiger partial charge < -0.3 is 5.11 Å². The summed E-state index contributed by atoms with van der Waals surface area (Å²) in [6.07, 6.45) is 1.67. The van der Waals surface area contributed by atoms with Gasteiger partial charge in [-0.05, 0) is 41.9 Å². The molecular formula is C14H14BrN3O. The molecule has 0 fully saturated rings. The molecule has 0 aliphatic heterocycles. The van der Waals surface area contributed by atoms with E-state index < -0.39 is 0 Å². The molecule has 4 nitrogen and oxygen atoms in total. The summed E-state index contributed by atoms with van der Waals surface area (Å²) in [6, 6.07) is 7.10. The molecule has 0 saturated carbocycles. The third-order valence-corrected chi connectivity index (χ3v) is 3.19. The Morgan fingerprint density at radius 1 is 1.37 bits per heavy atom. The van der Waals surface area contributed by atoms with Gasteiger partial charge in [-0.3, -0.25) is 0 Å². The van der Waals surface area contributed by atoms with Crippen molar-refractivity contribution in [2.45, 2.75) is 13.8 Å². The van der Waals surface area contributed by atoms with Gasteiger partial charge in [0.05, 0.1) is 16.4 Å². The Morgan fingerprint density at radius 2 is 2.05 bits per heavy atom. The molecule has 2 rings (SSSR count). The minimum atomic E-state index is 0.210. The van der Waals surface area contributed by atoms with Crippen molar-refractivity contribution in [1.82, 2.24) is 9.78 Å². The number of nitrogens with zero attached hydrogens (tertiary/aromatic N) is 3. The first-order chi connectivity index (χ1) is 9.00. The Bertz CT molecular complexity index is 658. The van der Waals surface area contributed by atoms with E-state index in [-0.39, 0.29) is 5.75 Å². The Hall–Kier alpha value is -1.88. The summed E-state index contributed by atoms with van der Waals surface area (Å²) >= 11 is 3.41. The highest BCUT2D eigenvalue weighted by Gasteiger charge is 2.10. The van der Waals surface area contributed by atoms with Crippen molar-refractivity contribution in [2.24, 2.45) is 4.99 Å². The fourth-order valence-corrected chi connectivity index (χ4v) is 2.05. The zero-order valence-electron chi connectivity index (χ0n) is 10.8. The van der Waals surface area contributed by atoms with Crippen LogP contribution in [0.2, 0.25) is 0 Å². The number of allylic oxidation sites excluding steroid dienone is 1. The summed E-state index contributed by atoms with van der Waals surface area (Å²) in [5.74, 6) is 0.870. The van der Waals surface area contributed by atoms with Crippen LogP contribution in [0.25, 0.3) is 5.70 Å². The average Bonchev–Trinajstić information content (AvgIpc) is 2.71. The van der Waals surface area contributed by atoms with Crippen molar-refractivity contribution in [2.75, 3.05) is 0 Å². The van der Waals surface area contributed by atoms with Crippen LogP contribution in [0.15, 0.2) is 46.5 Å². The largest absolute Gasteiger partial charge is 0.507 e. The molecule has 1 aromatic heterocycles. The van der Waals surface area contributed by atoms with Gasteiger partial charge >= 0.3 is 0 Å². The molecule has 1 N–H and O–H groups in total. The molecule has 0 aliphatic rings. The predicted octanol–water partition coefficient (Wildman–Crippen LogP) is 3.98. The Kier molecular flexibility index (Phi) is 3.85. The van der Waals surface area contributed by atoms with Crippen LogP contribution in [0.1, 0.15) is 19.4 Å². The van der Waals surface area contributed by atoms with E-state index in [9.17, 15) is 5.11 Å². The molecule has 0 unspecified atom stereocenters. The fourth-order valence-electron chi connectivity index (χ4n) is 1.70. The third kappa shape index (κ3) is 2.76. The number of halogens is 1. The van der Waals surface area contributed by atoms with Crippen LogP contribution < -0.4 is 0 Å². The summed E-state index contributed by atoms with van der Waals surface area (Å²) in [4.78, 5) is 4.52. The first-order valence-electron chi connectivity index (χ1n) is 5.73. The minimum absolute atomic E-state index is 0.210. The summed E-state index contributed by atoms with van der Waals surface area (Å²) < 4.78 is 2.43. The zero-order chi connectivity index (χ0) is 14.0.